The molecule has 2 N–H and O–H groups in total. The van der Waals surface area contributed by atoms with Gasteiger partial charge in [0.2, 0.25) is 0 Å². The smallest absolute Gasteiger partial charge is 0.138 e. The van der Waals surface area contributed by atoms with Crippen molar-refractivity contribution in [2.45, 2.75) is 20.0 Å². The molecule has 5 heteroatoms. The zero-order valence-corrected chi connectivity index (χ0v) is 12.9. The highest BCUT2D eigenvalue weighted by atomic mass is 35.5. The highest BCUT2D eigenvalue weighted by Gasteiger charge is 2.06. The number of aryl methyl sites for hydroxylation is 1. The second kappa shape index (κ2) is 6.37. The molecule has 0 aliphatic carbocycles. The van der Waals surface area contributed by atoms with E-state index in [9.17, 15) is 0 Å². The fraction of sp³-hybridized carbons (Fsp3) is 0.214. The van der Waals surface area contributed by atoms with Crippen molar-refractivity contribution in [1.29, 1.82) is 0 Å². The molecular formula is C14H14ClNOS2. The summed E-state index contributed by atoms with van der Waals surface area (Å²) in [7, 11) is 0. The van der Waals surface area contributed by atoms with E-state index in [1.807, 2.05) is 6.07 Å². The van der Waals surface area contributed by atoms with Crippen LogP contribution in [0, 0.1) is 0 Å². The molecule has 100 valence electrons. The average molecular weight is 312 g/mol. The molecule has 2 nitrogen and oxygen atoms in total. The van der Waals surface area contributed by atoms with Gasteiger partial charge in [-0.3, -0.25) is 0 Å². The lowest BCUT2D eigenvalue weighted by Crippen LogP contribution is -2.09. The van der Waals surface area contributed by atoms with Crippen molar-refractivity contribution < 1.29 is 4.74 Å². The summed E-state index contributed by atoms with van der Waals surface area (Å²) in [6, 6.07) is 9.55. The number of hydrogen-bond acceptors (Lipinski definition) is 3. The zero-order valence-electron chi connectivity index (χ0n) is 10.5. The Balaban J connectivity index is 2.05. The minimum atomic E-state index is 0.333. The highest BCUT2D eigenvalue weighted by molar-refractivity contribution is 7.80. The lowest BCUT2D eigenvalue weighted by Gasteiger charge is -2.08. The molecule has 1 aromatic heterocycles. The molecule has 0 saturated carbocycles. The summed E-state index contributed by atoms with van der Waals surface area (Å²) < 4.78 is 5.71. The van der Waals surface area contributed by atoms with E-state index in [4.69, 9.17) is 34.3 Å². The second-order valence-electron chi connectivity index (χ2n) is 4.02. The van der Waals surface area contributed by atoms with E-state index < -0.39 is 0 Å². The van der Waals surface area contributed by atoms with Gasteiger partial charge in [-0.2, -0.15) is 0 Å². The Morgan fingerprint density at radius 3 is 2.63 bits per heavy atom. The van der Waals surface area contributed by atoms with Gasteiger partial charge in [-0.25, -0.2) is 0 Å². The topological polar surface area (TPSA) is 35.2 Å². The number of hydrogen-bond donors (Lipinski definition) is 1. The Bertz CT molecular complexity index is 595. The van der Waals surface area contributed by atoms with Crippen LogP contribution in [0.4, 0.5) is 0 Å². The van der Waals surface area contributed by atoms with Crippen LogP contribution in [0.15, 0.2) is 30.3 Å². The lowest BCUT2D eigenvalue weighted by atomic mass is 10.2. The van der Waals surface area contributed by atoms with Gasteiger partial charge in [0.15, 0.2) is 0 Å². The fourth-order valence-corrected chi connectivity index (χ4v) is 2.84. The molecule has 19 heavy (non-hydrogen) atoms. The molecule has 0 bridgehead atoms. The number of thiocarbonyl (C=S) groups is 1. The van der Waals surface area contributed by atoms with Gasteiger partial charge in [-0.15, -0.1) is 11.3 Å². The Hall–Kier alpha value is -1.10. The highest BCUT2D eigenvalue weighted by Crippen LogP contribution is 2.27. The number of halogens is 1. The number of rotatable bonds is 5. The van der Waals surface area contributed by atoms with E-state index in [-0.39, 0.29) is 0 Å². The molecule has 2 rings (SSSR count). The first-order valence-electron chi connectivity index (χ1n) is 5.90. The molecule has 0 aliphatic heterocycles. The van der Waals surface area contributed by atoms with Gasteiger partial charge in [0.1, 0.15) is 17.3 Å². The van der Waals surface area contributed by atoms with Crippen molar-refractivity contribution in [1.82, 2.24) is 0 Å². The van der Waals surface area contributed by atoms with Crippen molar-refractivity contribution in [3.05, 3.63) is 50.7 Å². The quantitative estimate of drug-likeness (QED) is 0.841. The summed E-state index contributed by atoms with van der Waals surface area (Å²) in [6.07, 6.45) is 1.05. The monoisotopic (exact) mass is 311 g/mol. The van der Waals surface area contributed by atoms with E-state index in [1.165, 1.54) is 9.75 Å². The van der Waals surface area contributed by atoms with Gasteiger partial charge < -0.3 is 10.5 Å². The molecule has 0 saturated heterocycles. The summed E-state index contributed by atoms with van der Waals surface area (Å²) in [5.41, 5.74) is 6.30. The summed E-state index contributed by atoms with van der Waals surface area (Å²) in [5.74, 6) is 0.646. The maximum Gasteiger partial charge on any atom is 0.138 e. The molecule has 2 aromatic rings. The summed E-state index contributed by atoms with van der Waals surface area (Å²) in [6.45, 7) is 2.67. The first-order chi connectivity index (χ1) is 9.10. The predicted octanol–water partition coefficient (Wildman–Crippen LogP) is 4.18. The molecule has 0 spiro atoms. The average Bonchev–Trinajstić information content (AvgIpc) is 2.85. The van der Waals surface area contributed by atoms with E-state index in [2.05, 4.69) is 19.1 Å². The zero-order chi connectivity index (χ0) is 13.8. The fourth-order valence-electron chi connectivity index (χ4n) is 1.61. The largest absolute Gasteiger partial charge is 0.487 e. The third-order valence-electron chi connectivity index (χ3n) is 2.65. The Labute approximate surface area is 127 Å². The van der Waals surface area contributed by atoms with Crippen LogP contribution in [0.1, 0.15) is 22.2 Å². The van der Waals surface area contributed by atoms with Gasteiger partial charge in [0, 0.05) is 15.3 Å². The maximum atomic E-state index is 6.14. The molecule has 0 amide bonds. The van der Waals surface area contributed by atoms with Crippen LogP contribution in [-0.2, 0) is 13.0 Å². The summed E-state index contributed by atoms with van der Waals surface area (Å²) >= 11 is 12.8. The first kappa shape index (κ1) is 14.3. The normalized spacial score (nSPS) is 10.4. The van der Waals surface area contributed by atoms with Crippen LogP contribution in [0.3, 0.4) is 0 Å². The Kier molecular flexibility index (Phi) is 4.80. The van der Waals surface area contributed by atoms with Crippen LogP contribution in [0.2, 0.25) is 5.02 Å². The standard InChI is InChI=1S/C14H14ClNOS2/c1-2-10-4-5-11(19-10)8-17-13-6-3-9(14(16)18)7-12(13)15/h3-7H,2,8H2,1H3,(H2,16,18). The van der Waals surface area contributed by atoms with Crippen LogP contribution < -0.4 is 10.5 Å². The van der Waals surface area contributed by atoms with Gasteiger partial charge in [0.25, 0.3) is 0 Å². The van der Waals surface area contributed by atoms with Gasteiger partial charge in [0.05, 0.1) is 5.02 Å². The molecule has 0 atom stereocenters. The third kappa shape index (κ3) is 3.69. The van der Waals surface area contributed by atoms with Crippen LogP contribution in [-0.4, -0.2) is 4.99 Å². The van der Waals surface area contributed by atoms with Crippen molar-refractivity contribution in [3.8, 4) is 5.75 Å². The SMILES string of the molecule is CCc1ccc(COc2ccc(C(N)=S)cc2Cl)s1. The Morgan fingerprint density at radius 2 is 2.05 bits per heavy atom. The summed E-state index contributed by atoms with van der Waals surface area (Å²) in [4.78, 5) is 2.87. The molecule has 0 unspecified atom stereocenters. The molecule has 0 radical (unpaired) electrons. The van der Waals surface area contributed by atoms with Crippen LogP contribution in [0.5, 0.6) is 5.75 Å². The van der Waals surface area contributed by atoms with Gasteiger partial charge in [-0.05, 0) is 36.8 Å². The molecule has 1 aromatic carbocycles. The molecule has 1 heterocycles. The van der Waals surface area contributed by atoms with E-state index in [0.717, 1.165) is 12.0 Å². The summed E-state index contributed by atoms with van der Waals surface area (Å²) in [5, 5.41) is 0.526. The van der Waals surface area contributed by atoms with Crippen molar-refractivity contribution in [2.75, 3.05) is 0 Å². The second-order valence-corrected chi connectivity index (χ2v) is 6.12. The van der Waals surface area contributed by atoms with Crippen molar-refractivity contribution in [2.24, 2.45) is 5.73 Å². The number of benzene rings is 1. The van der Waals surface area contributed by atoms with Gasteiger partial charge >= 0.3 is 0 Å². The maximum absolute atomic E-state index is 6.14. The van der Waals surface area contributed by atoms with Gasteiger partial charge in [-0.1, -0.05) is 30.7 Å². The minimum Gasteiger partial charge on any atom is -0.487 e. The first-order valence-corrected chi connectivity index (χ1v) is 7.50. The lowest BCUT2D eigenvalue weighted by molar-refractivity contribution is 0.310. The molecule has 0 fully saturated rings. The van der Waals surface area contributed by atoms with Crippen molar-refractivity contribution >= 4 is 40.1 Å². The van der Waals surface area contributed by atoms with Crippen molar-refractivity contribution in [3.63, 3.8) is 0 Å². The van der Waals surface area contributed by atoms with E-state index >= 15 is 0 Å². The van der Waals surface area contributed by atoms with E-state index in [0.29, 0.717) is 22.4 Å². The van der Waals surface area contributed by atoms with Crippen LogP contribution in [0.25, 0.3) is 0 Å². The Morgan fingerprint density at radius 1 is 1.32 bits per heavy atom. The molecule has 0 aliphatic rings. The van der Waals surface area contributed by atoms with E-state index in [1.54, 1.807) is 23.5 Å². The number of ether oxygens (including phenoxy) is 1. The molecular weight excluding hydrogens is 298 g/mol. The number of nitrogens with two attached hydrogens (primary N) is 1. The number of thiophene rings is 1. The van der Waals surface area contributed by atoms with Crippen LogP contribution >= 0.6 is 35.2 Å². The minimum absolute atomic E-state index is 0.333. The predicted molar refractivity (Wildman–Crippen MR) is 85.4 cm³/mol. The third-order valence-corrected chi connectivity index (χ3v) is 4.39.